The van der Waals surface area contributed by atoms with E-state index in [-0.39, 0.29) is 18.2 Å². The van der Waals surface area contributed by atoms with Crippen molar-refractivity contribution in [2.45, 2.75) is 19.9 Å². The molecule has 0 aromatic rings. The Hall–Kier alpha value is -1.57. The van der Waals surface area contributed by atoms with E-state index in [0.29, 0.717) is 0 Å². The molecule has 0 saturated heterocycles. The molecule has 0 radical (unpaired) electrons. The van der Waals surface area contributed by atoms with E-state index in [1.165, 1.54) is 6.08 Å². The minimum atomic E-state index is -3.22. The second-order valence-electron chi connectivity index (χ2n) is 4.81. The average Bonchev–Trinajstić information content (AvgIpc) is 2.56. The van der Waals surface area contributed by atoms with E-state index in [1.54, 1.807) is 13.8 Å². The van der Waals surface area contributed by atoms with Crippen LogP contribution in [0.25, 0.3) is 0 Å². The minimum Gasteiger partial charge on any atom is -0.481 e. The fourth-order valence-corrected chi connectivity index (χ4v) is 2.93. The molecule has 108 valence electrons. The van der Waals surface area contributed by atoms with Gasteiger partial charge in [0.15, 0.2) is 9.84 Å². The first-order valence-electron chi connectivity index (χ1n) is 5.89. The van der Waals surface area contributed by atoms with Crippen LogP contribution < -0.4 is 10.6 Å². The van der Waals surface area contributed by atoms with Crippen LogP contribution >= 0.6 is 0 Å². The Labute approximate surface area is 112 Å². The number of carbonyl (C=O) groups is 2. The second kappa shape index (κ2) is 6.05. The number of rotatable bonds is 5. The number of urea groups is 1. The molecule has 0 aliphatic carbocycles. The van der Waals surface area contributed by atoms with Crippen molar-refractivity contribution in [1.29, 1.82) is 0 Å². The molecule has 1 rings (SSSR count). The average molecular weight is 290 g/mol. The van der Waals surface area contributed by atoms with Crippen LogP contribution in [-0.2, 0) is 14.6 Å². The summed E-state index contributed by atoms with van der Waals surface area (Å²) in [5, 5.41) is 14.9. The molecule has 8 heteroatoms. The summed E-state index contributed by atoms with van der Waals surface area (Å²) in [6.45, 7) is 3.51. The first kappa shape index (κ1) is 15.5. The molecule has 19 heavy (non-hydrogen) atoms. The third-order valence-corrected chi connectivity index (χ3v) is 4.25. The first-order valence-corrected chi connectivity index (χ1v) is 7.61. The summed E-state index contributed by atoms with van der Waals surface area (Å²) in [5.41, 5.74) is 0. The van der Waals surface area contributed by atoms with Crippen molar-refractivity contribution >= 4 is 21.8 Å². The zero-order valence-corrected chi connectivity index (χ0v) is 11.6. The van der Waals surface area contributed by atoms with Gasteiger partial charge < -0.3 is 15.7 Å². The highest BCUT2D eigenvalue weighted by atomic mass is 32.2. The van der Waals surface area contributed by atoms with Gasteiger partial charge in [-0.15, -0.1) is 0 Å². The molecular weight excluding hydrogens is 272 g/mol. The normalized spacial score (nSPS) is 22.2. The van der Waals surface area contributed by atoms with Crippen molar-refractivity contribution in [1.82, 2.24) is 10.6 Å². The maximum atomic E-state index is 11.5. The number of aliphatic carboxylic acids is 1. The van der Waals surface area contributed by atoms with Gasteiger partial charge in [-0.2, -0.15) is 0 Å². The Morgan fingerprint density at radius 3 is 2.47 bits per heavy atom. The van der Waals surface area contributed by atoms with Gasteiger partial charge in [-0.3, -0.25) is 4.79 Å². The van der Waals surface area contributed by atoms with Crippen molar-refractivity contribution in [3.8, 4) is 0 Å². The number of nitrogens with one attached hydrogen (secondary N) is 2. The molecule has 0 aromatic heterocycles. The predicted octanol–water partition coefficient (Wildman–Crippen LogP) is -0.0469. The lowest BCUT2D eigenvalue weighted by atomic mass is 9.96. The van der Waals surface area contributed by atoms with Gasteiger partial charge in [0.25, 0.3) is 0 Å². The number of amides is 2. The summed E-state index contributed by atoms with van der Waals surface area (Å²) in [4.78, 5) is 22.4. The Morgan fingerprint density at radius 2 is 2.05 bits per heavy atom. The fourth-order valence-electron chi connectivity index (χ4n) is 1.70. The minimum absolute atomic E-state index is 0.00200. The molecule has 2 atom stereocenters. The molecule has 2 unspecified atom stereocenters. The van der Waals surface area contributed by atoms with Gasteiger partial charge in [-0.25, -0.2) is 13.2 Å². The summed E-state index contributed by atoms with van der Waals surface area (Å²) >= 11 is 0. The van der Waals surface area contributed by atoms with E-state index in [9.17, 15) is 18.0 Å². The predicted molar refractivity (Wildman–Crippen MR) is 69.2 cm³/mol. The van der Waals surface area contributed by atoms with Crippen molar-refractivity contribution in [2.24, 2.45) is 11.8 Å². The lowest BCUT2D eigenvalue weighted by Crippen LogP contribution is -2.45. The van der Waals surface area contributed by atoms with Crippen molar-refractivity contribution in [3.05, 3.63) is 11.5 Å². The van der Waals surface area contributed by atoms with Gasteiger partial charge in [0.1, 0.15) is 0 Å². The second-order valence-corrected chi connectivity index (χ2v) is 6.74. The Bertz CT molecular complexity index is 483. The summed E-state index contributed by atoms with van der Waals surface area (Å²) in [5.74, 6) is -1.91. The zero-order valence-electron chi connectivity index (χ0n) is 10.8. The molecule has 0 bridgehead atoms. The topological polar surface area (TPSA) is 113 Å². The molecule has 2 amide bonds. The van der Waals surface area contributed by atoms with Crippen LogP contribution in [0.1, 0.15) is 13.8 Å². The fraction of sp³-hybridized carbons (Fsp3) is 0.636. The van der Waals surface area contributed by atoms with Gasteiger partial charge in [-0.05, 0) is 12.0 Å². The Morgan fingerprint density at radius 1 is 1.42 bits per heavy atom. The van der Waals surface area contributed by atoms with Crippen molar-refractivity contribution in [2.75, 3.05) is 12.3 Å². The third-order valence-electron chi connectivity index (χ3n) is 2.85. The molecule has 0 saturated carbocycles. The maximum Gasteiger partial charge on any atom is 0.315 e. The Kier molecular flexibility index (Phi) is 4.93. The van der Waals surface area contributed by atoms with E-state index in [1.807, 2.05) is 0 Å². The van der Waals surface area contributed by atoms with Gasteiger partial charge in [0, 0.05) is 12.0 Å². The molecule has 0 fully saturated rings. The molecule has 1 heterocycles. The van der Waals surface area contributed by atoms with Crippen LogP contribution in [0.2, 0.25) is 0 Å². The zero-order chi connectivity index (χ0) is 14.6. The van der Waals surface area contributed by atoms with E-state index in [0.717, 1.165) is 5.41 Å². The molecule has 1 aliphatic heterocycles. The van der Waals surface area contributed by atoms with Crippen molar-refractivity contribution < 1.29 is 23.1 Å². The number of carboxylic acid groups (broad SMARTS) is 1. The van der Waals surface area contributed by atoms with Crippen LogP contribution in [0, 0.1) is 11.8 Å². The summed E-state index contributed by atoms with van der Waals surface area (Å²) in [6.07, 6.45) is 1.39. The van der Waals surface area contributed by atoms with Gasteiger partial charge in [0.2, 0.25) is 0 Å². The van der Waals surface area contributed by atoms with E-state index < -0.39 is 33.8 Å². The van der Waals surface area contributed by atoms with Crippen LogP contribution in [0.5, 0.6) is 0 Å². The van der Waals surface area contributed by atoms with E-state index in [4.69, 9.17) is 5.11 Å². The number of hydrogen-bond acceptors (Lipinski definition) is 4. The maximum absolute atomic E-state index is 11.5. The standard InChI is InChI=1S/C11H18N2O5S/c1-7(2)9(10(14)15)5-12-11(16)13-8-3-4-19(17,18)6-8/h3-4,7-9H,5-6H2,1-2H3,(H,14,15)(H2,12,13,16). The number of hydrogen-bond donors (Lipinski definition) is 3. The molecule has 0 aromatic carbocycles. The molecule has 7 nitrogen and oxygen atoms in total. The van der Waals surface area contributed by atoms with Crippen LogP contribution in [0.4, 0.5) is 4.79 Å². The number of carboxylic acids is 1. The summed E-state index contributed by atoms with van der Waals surface area (Å²) in [6, 6.07) is -1.13. The third kappa shape index (κ3) is 4.90. The summed E-state index contributed by atoms with van der Waals surface area (Å²) < 4.78 is 22.3. The number of sulfone groups is 1. The van der Waals surface area contributed by atoms with Gasteiger partial charge in [0.05, 0.1) is 17.7 Å². The lowest BCUT2D eigenvalue weighted by molar-refractivity contribution is -0.142. The monoisotopic (exact) mass is 290 g/mol. The Balaban J connectivity index is 2.40. The number of carbonyl (C=O) groups excluding carboxylic acids is 1. The highest BCUT2D eigenvalue weighted by Gasteiger charge is 2.25. The molecule has 1 aliphatic rings. The molecular formula is C11H18N2O5S. The first-order chi connectivity index (χ1) is 8.71. The van der Waals surface area contributed by atoms with Crippen molar-refractivity contribution in [3.63, 3.8) is 0 Å². The highest BCUT2D eigenvalue weighted by molar-refractivity contribution is 7.94. The molecule has 0 spiro atoms. The van der Waals surface area contributed by atoms with Crippen LogP contribution in [0.15, 0.2) is 11.5 Å². The van der Waals surface area contributed by atoms with Crippen LogP contribution in [-0.4, -0.2) is 43.9 Å². The van der Waals surface area contributed by atoms with E-state index >= 15 is 0 Å². The lowest BCUT2D eigenvalue weighted by Gasteiger charge is -2.18. The largest absolute Gasteiger partial charge is 0.481 e. The van der Waals surface area contributed by atoms with Crippen LogP contribution in [0.3, 0.4) is 0 Å². The molecule has 3 N–H and O–H groups in total. The van der Waals surface area contributed by atoms with E-state index in [2.05, 4.69) is 10.6 Å². The summed E-state index contributed by atoms with van der Waals surface area (Å²) in [7, 11) is -3.22. The smallest absolute Gasteiger partial charge is 0.315 e. The van der Waals surface area contributed by atoms with Gasteiger partial charge >= 0.3 is 12.0 Å². The highest BCUT2D eigenvalue weighted by Crippen LogP contribution is 2.10. The SMILES string of the molecule is CC(C)C(CNC(=O)NC1C=CS(=O)(=O)C1)C(=O)O. The quantitative estimate of drug-likeness (QED) is 0.657. The van der Waals surface area contributed by atoms with Gasteiger partial charge in [-0.1, -0.05) is 13.8 Å².